The molecular formula is C24H24N2O5. The van der Waals surface area contributed by atoms with Crippen molar-refractivity contribution < 1.29 is 19.2 Å². The predicted octanol–water partition coefficient (Wildman–Crippen LogP) is 5.01. The number of nitro benzene ring substituents is 1. The van der Waals surface area contributed by atoms with Gasteiger partial charge in [-0.1, -0.05) is 30.3 Å². The number of nitro groups is 1. The van der Waals surface area contributed by atoms with Crippen LogP contribution in [0.15, 0.2) is 78.9 Å². The number of carbonyl (C=O) groups is 1. The molecule has 0 heterocycles. The van der Waals surface area contributed by atoms with Crippen LogP contribution in [-0.2, 0) is 11.2 Å². The summed E-state index contributed by atoms with van der Waals surface area (Å²) in [6.07, 6.45) is 1.11. The molecule has 0 aromatic heterocycles. The molecule has 0 fully saturated rings. The molecule has 0 spiro atoms. The molecular weight excluding hydrogens is 396 g/mol. The fourth-order valence-electron chi connectivity index (χ4n) is 2.89. The average molecular weight is 420 g/mol. The van der Waals surface area contributed by atoms with Crippen molar-refractivity contribution >= 4 is 17.3 Å². The zero-order chi connectivity index (χ0) is 22.1. The molecule has 3 rings (SSSR count). The Labute approximate surface area is 180 Å². The van der Waals surface area contributed by atoms with Gasteiger partial charge in [0.15, 0.2) is 6.10 Å². The molecule has 1 N–H and O–H groups in total. The Bertz CT molecular complexity index is 989. The molecule has 3 aromatic carbocycles. The molecule has 0 aliphatic carbocycles. The van der Waals surface area contributed by atoms with E-state index in [-0.39, 0.29) is 11.6 Å². The van der Waals surface area contributed by atoms with Crippen molar-refractivity contribution in [1.82, 2.24) is 0 Å². The van der Waals surface area contributed by atoms with Gasteiger partial charge in [0.25, 0.3) is 11.6 Å². The minimum Gasteiger partial charge on any atom is -0.494 e. The normalized spacial score (nSPS) is 11.4. The van der Waals surface area contributed by atoms with Crippen LogP contribution in [0, 0.1) is 10.1 Å². The van der Waals surface area contributed by atoms with Crippen LogP contribution in [0.5, 0.6) is 11.5 Å². The fourth-order valence-corrected chi connectivity index (χ4v) is 2.89. The summed E-state index contributed by atoms with van der Waals surface area (Å²) in [5, 5.41) is 13.5. The standard InChI is InChI=1S/C24H24N2O5/c1-18(31-23-15-11-21(12-16-23)26(28)29)24(27)25-20-9-13-22(14-10-20)30-17-5-8-19-6-3-2-4-7-19/h2-4,6-7,9-16,18H,5,8,17H2,1H3,(H,25,27). The van der Waals surface area contributed by atoms with Crippen molar-refractivity contribution in [2.24, 2.45) is 0 Å². The Kier molecular flexibility index (Phi) is 7.59. The number of non-ortho nitro benzene ring substituents is 1. The molecule has 31 heavy (non-hydrogen) atoms. The summed E-state index contributed by atoms with van der Waals surface area (Å²) in [7, 11) is 0. The van der Waals surface area contributed by atoms with Gasteiger partial charge in [-0.25, -0.2) is 0 Å². The summed E-state index contributed by atoms with van der Waals surface area (Å²) in [5.41, 5.74) is 1.88. The highest BCUT2D eigenvalue weighted by Crippen LogP contribution is 2.20. The quantitative estimate of drug-likeness (QED) is 0.283. The number of benzene rings is 3. The van der Waals surface area contributed by atoms with Crippen LogP contribution in [0.2, 0.25) is 0 Å². The van der Waals surface area contributed by atoms with Gasteiger partial charge in [-0.15, -0.1) is 0 Å². The lowest BCUT2D eigenvalue weighted by Crippen LogP contribution is -2.30. The van der Waals surface area contributed by atoms with E-state index in [1.165, 1.54) is 29.8 Å². The van der Waals surface area contributed by atoms with Gasteiger partial charge in [-0.05, 0) is 61.7 Å². The van der Waals surface area contributed by atoms with Crippen molar-refractivity contribution in [3.8, 4) is 11.5 Å². The van der Waals surface area contributed by atoms with Crippen LogP contribution in [-0.4, -0.2) is 23.5 Å². The predicted molar refractivity (Wildman–Crippen MR) is 119 cm³/mol. The van der Waals surface area contributed by atoms with Gasteiger partial charge < -0.3 is 14.8 Å². The molecule has 0 aliphatic rings. The van der Waals surface area contributed by atoms with Crippen LogP contribution in [0.1, 0.15) is 18.9 Å². The number of amides is 1. The van der Waals surface area contributed by atoms with E-state index in [0.717, 1.165) is 18.6 Å². The topological polar surface area (TPSA) is 90.7 Å². The van der Waals surface area contributed by atoms with Crippen LogP contribution < -0.4 is 14.8 Å². The fraction of sp³-hybridized carbons (Fsp3) is 0.208. The second kappa shape index (κ2) is 10.8. The monoisotopic (exact) mass is 420 g/mol. The van der Waals surface area contributed by atoms with Crippen LogP contribution in [0.4, 0.5) is 11.4 Å². The van der Waals surface area contributed by atoms with E-state index in [2.05, 4.69) is 17.4 Å². The maximum atomic E-state index is 12.3. The number of nitrogens with one attached hydrogen (secondary N) is 1. The summed E-state index contributed by atoms with van der Waals surface area (Å²) in [6, 6.07) is 23.0. The van der Waals surface area contributed by atoms with Gasteiger partial charge in [0.05, 0.1) is 11.5 Å². The Morgan fingerprint density at radius 2 is 1.61 bits per heavy atom. The van der Waals surface area contributed by atoms with E-state index in [1.807, 2.05) is 18.2 Å². The minimum absolute atomic E-state index is 0.0353. The molecule has 1 unspecified atom stereocenters. The first-order valence-corrected chi connectivity index (χ1v) is 10.00. The molecule has 7 heteroatoms. The SMILES string of the molecule is CC(Oc1ccc([N+](=O)[O-])cc1)C(=O)Nc1ccc(OCCCc2ccccc2)cc1. The molecule has 7 nitrogen and oxygen atoms in total. The van der Waals surface area contributed by atoms with Gasteiger partial charge in [-0.3, -0.25) is 14.9 Å². The summed E-state index contributed by atoms with van der Waals surface area (Å²) in [6.45, 7) is 2.22. The molecule has 0 aliphatic heterocycles. The lowest BCUT2D eigenvalue weighted by Gasteiger charge is -2.15. The number of ether oxygens (including phenoxy) is 2. The zero-order valence-corrected chi connectivity index (χ0v) is 17.2. The Morgan fingerprint density at radius 3 is 2.26 bits per heavy atom. The van der Waals surface area contributed by atoms with Crippen molar-refractivity contribution in [1.29, 1.82) is 0 Å². The Morgan fingerprint density at radius 1 is 0.968 bits per heavy atom. The smallest absolute Gasteiger partial charge is 0.269 e. The molecule has 1 amide bonds. The first-order chi connectivity index (χ1) is 15.0. The second-order valence-electron chi connectivity index (χ2n) is 6.96. The highest BCUT2D eigenvalue weighted by Gasteiger charge is 2.15. The molecule has 0 saturated carbocycles. The van der Waals surface area contributed by atoms with E-state index in [4.69, 9.17) is 9.47 Å². The third-order valence-electron chi connectivity index (χ3n) is 4.57. The van der Waals surface area contributed by atoms with Gasteiger partial charge in [0.2, 0.25) is 0 Å². The summed E-state index contributed by atoms with van der Waals surface area (Å²) < 4.78 is 11.3. The number of rotatable bonds is 10. The van der Waals surface area contributed by atoms with E-state index < -0.39 is 11.0 Å². The lowest BCUT2D eigenvalue weighted by molar-refractivity contribution is -0.384. The lowest BCUT2D eigenvalue weighted by atomic mass is 10.1. The third-order valence-corrected chi connectivity index (χ3v) is 4.57. The number of carbonyl (C=O) groups excluding carboxylic acids is 1. The minimum atomic E-state index is -0.768. The number of hydrogen-bond acceptors (Lipinski definition) is 5. The molecule has 0 saturated heterocycles. The Balaban J connectivity index is 1.42. The van der Waals surface area contributed by atoms with Gasteiger partial charge in [0.1, 0.15) is 11.5 Å². The summed E-state index contributed by atoms with van der Waals surface area (Å²) in [4.78, 5) is 22.6. The molecule has 0 bridgehead atoms. The van der Waals surface area contributed by atoms with Crippen molar-refractivity contribution in [2.45, 2.75) is 25.9 Å². The summed E-state index contributed by atoms with van der Waals surface area (Å²) in [5.74, 6) is 0.795. The van der Waals surface area contributed by atoms with Crippen LogP contribution in [0.25, 0.3) is 0 Å². The molecule has 160 valence electrons. The molecule has 3 aromatic rings. The average Bonchev–Trinajstić information content (AvgIpc) is 2.79. The second-order valence-corrected chi connectivity index (χ2v) is 6.96. The van der Waals surface area contributed by atoms with Crippen LogP contribution >= 0.6 is 0 Å². The first kappa shape index (κ1) is 21.8. The van der Waals surface area contributed by atoms with Crippen molar-refractivity contribution in [2.75, 3.05) is 11.9 Å². The van der Waals surface area contributed by atoms with E-state index in [1.54, 1.807) is 31.2 Å². The maximum Gasteiger partial charge on any atom is 0.269 e. The largest absolute Gasteiger partial charge is 0.494 e. The zero-order valence-electron chi connectivity index (χ0n) is 17.2. The highest BCUT2D eigenvalue weighted by atomic mass is 16.6. The van der Waals surface area contributed by atoms with Gasteiger partial charge in [-0.2, -0.15) is 0 Å². The van der Waals surface area contributed by atoms with Crippen molar-refractivity contribution in [3.05, 3.63) is 94.5 Å². The van der Waals surface area contributed by atoms with Crippen molar-refractivity contribution in [3.63, 3.8) is 0 Å². The first-order valence-electron chi connectivity index (χ1n) is 10.00. The van der Waals surface area contributed by atoms with Crippen LogP contribution in [0.3, 0.4) is 0 Å². The Hall–Kier alpha value is -3.87. The number of aryl methyl sites for hydroxylation is 1. The van der Waals surface area contributed by atoms with Gasteiger partial charge >= 0.3 is 0 Å². The molecule has 1 atom stereocenters. The third kappa shape index (κ3) is 6.85. The van der Waals surface area contributed by atoms with E-state index in [9.17, 15) is 14.9 Å². The highest BCUT2D eigenvalue weighted by molar-refractivity contribution is 5.94. The number of nitrogens with zero attached hydrogens (tertiary/aromatic N) is 1. The van der Waals surface area contributed by atoms with E-state index >= 15 is 0 Å². The molecule has 0 radical (unpaired) electrons. The van der Waals surface area contributed by atoms with Gasteiger partial charge in [0, 0.05) is 17.8 Å². The van der Waals surface area contributed by atoms with E-state index in [0.29, 0.717) is 18.0 Å². The number of hydrogen-bond donors (Lipinski definition) is 1. The maximum absolute atomic E-state index is 12.3. The number of anilines is 1. The summed E-state index contributed by atoms with van der Waals surface area (Å²) >= 11 is 0.